The number of halogens is 1. The summed E-state index contributed by atoms with van der Waals surface area (Å²) < 4.78 is 16.2. The molecule has 5 heteroatoms. The molecule has 0 spiro atoms. The Hall–Kier alpha value is -0.203. The highest BCUT2D eigenvalue weighted by Crippen LogP contribution is 2.18. The summed E-state index contributed by atoms with van der Waals surface area (Å²) in [5.74, 6) is 0. The van der Waals surface area contributed by atoms with Crippen LogP contribution in [0, 0.1) is 0 Å². The van der Waals surface area contributed by atoms with Crippen LogP contribution in [0.3, 0.4) is 0 Å². The number of rotatable bonds is 9. The highest BCUT2D eigenvalue weighted by Gasteiger charge is 2.36. The van der Waals surface area contributed by atoms with Gasteiger partial charge in [0.05, 0.1) is 0 Å². The van der Waals surface area contributed by atoms with Crippen LogP contribution in [0.25, 0.3) is 0 Å². The molecule has 0 aliphatic carbocycles. The van der Waals surface area contributed by atoms with Crippen molar-refractivity contribution in [2.45, 2.75) is 30.6 Å². The summed E-state index contributed by atoms with van der Waals surface area (Å²) >= 11 is 3.45. The lowest BCUT2D eigenvalue weighted by atomic mass is 10.1. The van der Waals surface area contributed by atoms with E-state index in [2.05, 4.69) is 40.2 Å². The Morgan fingerprint density at radius 1 is 0.895 bits per heavy atom. The van der Waals surface area contributed by atoms with Gasteiger partial charge in [-0.2, -0.15) is 0 Å². The minimum Gasteiger partial charge on any atom is -0.377 e. The second-order valence-corrected chi connectivity index (χ2v) is 8.10. The molecule has 0 aliphatic heterocycles. The molecule has 0 aromatic heterocycles. The van der Waals surface area contributed by atoms with Crippen molar-refractivity contribution in [2.24, 2.45) is 0 Å². The number of aryl methyl sites for hydroxylation is 1. The van der Waals surface area contributed by atoms with Crippen molar-refractivity contribution in [3.8, 4) is 0 Å². The molecule has 1 rings (SSSR count). The van der Waals surface area contributed by atoms with Crippen LogP contribution in [0.2, 0.25) is 6.04 Å². The molecular weight excluding hydrogens is 324 g/mol. The van der Waals surface area contributed by atoms with Crippen LogP contribution in [0.1, 0.15) is 24.0 Å². The normalized spacial score (nSPS) is 11.8. The number of benzene rings is 1. The molecule has 0 fully saturated rings. The van der Waals surface area contributed by atoms with E-state index in [-0.39, 0.29) is 0 Å². The Labute approximate surface area is 125 Å². The lowest BCUT2D eigenvalue weighted by molar-refractivity contribution is 0.123. The first-order valence-electron chi connectivity index (χ1n) is 6.49. The quantitative estimate of drug-likeness (QED) is 0.387. The molecule has 0 atom stereocenters. The van der Waals surface area contributed by atoms with Crippen LogP contribution in [0.4, 0.5) is 0 Å². The summed E-state index contributed by atoms with van der Waals surface area (Å²) in [6, 6.07) is 9.61. The Morgan fingerprint density at radius 3 is 1.89 bits per heavy atom. The van der Waals surface area contributed by atoms with E-state index in [0.29, 0.717) is 0 Å². The predicted molar refractivity (Wildman–Crippen MR) is 83.6 cm³/mol. The average Bonchev–Trinajstić information content (AvgIpc) is 2.49. The lowest BCUT2D eigenvalue weighted by Crippen LogP contribution is -2.42. The molecule has 0 aliphatic rings. The second-order valence-electron chi connectivity index (χ2n) is 4.45. The van der Waals surface area contributed by atoms with Crippen molar-refractivity contribution in [1.29, 1.82) is 0 Å². The van der Waals surface area contributed by atoms with Gasteiger partial charge in [-0.05, 0) is 30.4 Å². The van der Waals surface area contributed by atoms with Crippen LogP contribution in [0.15, 0.2) is 24.3 Å². The molecule has 3 nitrogen and oxygen atoms in total. The molecular formula is C14H23BrO3Si. The Kier molecular flexibility index (Phi) is 7.86. The van der Waals surface area contributed by atoms with Crippen LogP contribution >= 0.6 is 15.9 Å². The van der Waals surface area contributed by atoms with Crippen molar-refractivity contribution in [1.82, 2.24) is 0 Å². The fourth-order valence-corrected chi connectivity index (χ4v) is 4.19. The van der Waals surface area contributed by atoms with Gasteiger partial charge < -0.3 is 13.3 Å². The summed E-state index contributed by atoms with van der Waals surface area (Å²) in [7, 11) is 2.62. The Bertz CT molecular complexity index is 344. The van der Waals surface area contributed by atoms with Gasteiger partial charge in [0.1, 0.15) is 0 Å². The van der Waals surface area contributed by atoms with E-state index in [1.165, 1.54) is 11.1 Å². The maximum Gasteiger partial charge on any atom is 0.500 e. The van der Waals surface area contributed by atoms with E-state index in [1.807, 2.05) is 0 Å². The predicted octanol–water partition coefficient (Wildman–Crippen LogP) is 3.78. The van der Waals surface area contributed by atoms with Gasteiger partial charge in [0.2, 0.25) is 0 Å². The molecule has 19 heavy (non-hydrogen) atoms. The van der Waals surface area contributed by atoms with Crippen molar-refractivity contribution in [3.63, 3.8) is 0 Å². The fraction of sp³-hybridized carbons (Fsp3) is 0.571. The second kappa shape index (κ2) is 8.87. The van der Waals surface area contributed by atoms with E-state index in [1.54, 1.807) is 21.3 Å². The zero-order valence-electron chi connectivity index (χ0n) is 11.9. The highest BCUT2D eigenvalue weighted by atomic mass is 79.9. The van der Waals surface area contributed by atoms with E-state index in [9.17, 15) is 0 Å². The third-order valence-electron chi connectivity index (χ3n) is 3.31. The van der Waals surface area contributed by atoms with Gasteiger partial charge in [0.25, 0.3) is 0 Å². The first kappa shape index (κ1) is 16.9. The molecule has 0 N–H and O–H groups in total. The summed E-state index contributed by atoms with van der Waals surface area (Å²) in [6.45, 7) is 0. The van der Waals surface area contributed by atoms with Crippen LogP contribution in [-0.2, 0) is 25.0 Å². The SMILES string of the molecule is CO[Si](CCCCc1ccc(CBr)cc1)(OC)OC. The molecule has 0 radical (unpaired) electrons. The number of hydrogen-bond donors (Lipinski definition) is 0. The van der Waals surface area contributed by atoms with Gasteiger partial charge in [-0.1, -0.05) is 40.2 Å². The van der Waals surface area contributed by atoms with Gasteiger partial charge in [0.15, 0.2) is 0 Å². The molecule has 0 amide bonds. The van der Waals surface area contributed by atoms with E-state index in [0.717, 1.165) is 30.6 Å². The molecule has 0 saturated heterocycles. The van der Waals surface area contributed by atoms with E-state index in [4.69, 9.17) is 13.3 Å². The molecule has 0 saturated carbocycles. The highest BCUT2D eigenvalue weighted by molar-refractivity contribution is 9.08. The van der Waals surface area contributed by atoms with Crippen LogP contribution in [0.5, 0.6) is 0 Å². The third kappa shape index (κ3) is 5.36. The summed E-state index contributed by atoms with van der Waals surface area (Å²) in [4.78, 5) is 0. The smallest absolute Gasteiger partial charge is 0.377 e. The molecule has 108 valence electrons. The Balaban J connectivity index is 2.33. The number of unbranched alkanes of at least 4 members (excludes halogenated alkanes) is 1. The fourth-order valence-electron chi connectivity index (χ4n) is 2.02. The van der Waals surface area contributed by atoms with E-state index >= 15 is 0 Å². The largest absolute Gasteiger partial charge is 0.500 e. The topological polar surface area (TPSA) is 27.7 Å². The lowest BCUT2D eigenvalue weighted by Gasteiger charge is -2.24. The zero-order chi connectivity index (χ0) is 14.1. The molecule has 0 bridgehead atoms. The molecule has 0 unspecified atom stereocenters. The minimum atomic E-state index is -2.38. The van der Waals surface area contributed by atoms with E-state index < -0.39 is 8.80 Å². The maximum absolute atomic E-state index is 5.41. The summed E-state index contributed by atoms with van der Waals surface area (Å²) in [5, 5.41) is 0.914. The standard InChI is InChI=1S/C14H23BrO3Si/c1-16-19(17-2,18-3)11-5-4-6-13-7-9-14(12-15)10-8-13/h7-10H,4-6,11-12H2,1-3H3. The van der Waals surface area contributed by atoms with Gasteiger partial charge in [-0.3, -0.25) is 0 Å². The van der Waals surface area contributed by atoms with Gasteiger partial charge in [0, 0.05) is 32.7 Å². The molecule has 1 aromatic carbocycles. The monoisotopic (exact) mass is 346 g/mol. The van der Waals surface area contributed by atoms with Gasteiger partial charge >= 0.3 is 8.80 Å². The van der Waals surface area contributed by atoms with Crippen molar-refractivity contribution >= 4 is 24.7 Å². The molecule has 1 aromatic rings. The van der Waals surface area contributed by atoms with Gasteiger partial charge in [-0.15, -0.1) is 0 Å². The minimum absolute atomic E-state index is 0.871. The number of hydrogen-bond acceptors (Lipinski definition) is 3. The third-order valence-corrected chi connectivity index (χ3v) is 6.79. The van der Waals surface area contributed by atoms with Gasteiger partial charge in [-0.25, -0.2) is 0 Å². The first-order valence-corrected chi connectivity index (χ1v) is 9.54. The van der Waals surface area contributed by atoms with Crippen LogP contribution < -0.4 is 0 Å². The molecule has 0 heterocycles. The Morgan fingerprint density at radius 2 is 1.42 bits per heavy atom. The van der Waals surface area contributed by atoms with Crippen molar-refractivity contribution in [3.05, 3.63) is 35.4 Å². The summed E-state index contributed by atoms with van der Waals surface area (Å²) in [6.07, 6.45) is 3.27. The maximum atomic E-state index is 5.41. The van der Waals surface area contributed by atoms with Crippen molar-refractivity contribution in [2.75, 3.05) is 21.3 Å². The summed E-state index contributed by atoms with van der Waals surface area (Å²) in [5.41, 5.74) is 2.69. The first-order chi connectivity index (χ1) is 9.19. The van der Waals surface area contributed by atoms with Crippen LogP contribution in [-0.4, -0.2) is 30.1 Å². The van der Waals surface area contributed by atoms with Crippen molar-refractivity contribution < 1.29 is 13.3 Å². The average molecular weight is 347 g/mol. The number of alkyl halides is 1. The zero-order valence-corrected chi connectivity index (χ0v) is 14.5.